The van der Waals surface area contributed by atoms with Gasteiger partial charge in [-0.25, -0.2) is 9.48 Å². The third-order valence-corrected chi connectivity index (χ3v) is 3.07. The van der Waals surface area contributed by atoms with Crippen LogP contribution in [-0.2, 0) is 0 Å². The number of rotatable bonds is 1. The number of nitrogens with zero attached hydrogens (tertiary/aromatic N) is 1. The van der Waals surface area contributed by atoms with Crippen LogP contribution < -0.4 is 11.2 Å². The van der Waals surface area contributed by atoms with E-state index in [1.54, 1.807) is 6.92 Å². The molecule has 96 valence electrons. The Bertz CT molecular complexity index is 866. The Hall–Kier alpha value is -2.56. The molecule has 0 spiro atoms. The predicted octanol–water partition coefficient (Wildman–Crippen LogP) is 1.89. The lowest BCUT2D eigenvalue weighted by atomic mass is 10.2. The Balaban J connectivity index is 2.34. The maximum Gasteiger partial charge on any atom is 0.336 e. The first-order chi connectivity index (χ1) is 9.06. The van der Waals surface area contributed by atoms with Crippen molar-refractivity contribution in [2.24, 2.45) is 0 Å². The molecule has 1 aromatic carbocycles. The molecule has 0 saturated carbocycles. The van der Waals surface area contributed by atoms with Crippen molar-refractivity contribution < 1.29 is 4.42 Å². The highest BCUT2D eigenvalue weighted by molar-refractivity contribution is 5.75. The lowest BCUT2D eigenvalue weighted by Gasteiger charge is -2.01. The van der Waals surface area contributed by atoms with Crippen molar-refractivity contribution in [2.45, 2.75) is 13.8 Å². The van der Waals surface area contributed by atoms with Crippen molar-refractivity contribution in [3.8, 4) is 5.69 Å². The largest absolute Gasteiger partial charge is 0.415 e. The summed E-state index contributed by atoms with van der Waals surface area (Å²) in [5, 5.41) is 2.97. The van der Waals surface area contributed by atoms with Crippen LogP contribution >= 0.6 is 0 Å². The van der Waals surface area contributed by atoms with Crippen LogP contribution in [0.2, 0.25) is 0 Å². The molecule has 5 nitrogen and oxygen atoms in total. The van der Waals surface area contributed by atoms with E-state index in [1.165, 1.54) is 10.7 Å². The van der Waals surface area contributed by atoms with Crippen LogP contribution in [0.4, 0.5) is 0 Å². The second-order valence-electron chi connectivity index (χ2n) is 4.54. The van der Waals surface area contributed by atoms with Gasteiger partial charge in [0.05, 0.1) is 5.69 Å². The molecule has 0 fully saturated rings. The number of aromatic amines is 1. The number of H-pyrrole nitrogens is 1. The van der Waals surface area contributed by atoms with Gasteiger partial charge in [0.2, 0.25) is 5.58 Å². The van der Waals surface area contributed by atoms with Gasteiger partial charge in [0.15, 0.2) is 0 Å². The van der Waals surface area contributed by atoms with Crippen LogP contribution in [0, 0.1) is 13.8 Å². The number of aromatic nitrogens is 2. The summed E-state index contributed by atoms with van der Waals surface area (Å²) >= 11 is 0. The van der Waals surface area contributed by atoms with Crippen molar-refractivity contribution in [3.05, 3.63) is 62.2 Å². The van der Waals surface area contributed by atoms with Crippen molar-refractivity contribution >= 4 is 11.1 Å². The van der Waals surface area contributed by atoms with Gasteiger partial charge in [-0.1, -0.05) is 17.7 Å². The van der Waals surface area contributed by atoms with E-state index >= 15 is 0 Å². The first-order valence-corrected chi connectivity index (χ1v) is 5.89. The summed E-state index contributed by atoms with van der Waals surface area (Å²) in [6.45, 7) is 3.73. The van der Waals surface area contributed by atoms with E-state index in [4.69, 9.17) is 4.42 Å². The molecule has 0 amide bonds. The fourth-order valence-electron chi connectivity index (χ4n) is 2.04. The molecular formula is C14H12N2O3. The summed E-state index contributed by atoms with van der Waals surface area (Å²) in [5.41, 5.74) is 2.23. The number of fused-ring (bicyclic) bond motifs is 1. The molecule has 0 atom stereocenters. The maximum absolute atomic E-state index is 12.2. The molecule has 3 aromatic rings. The summed E-state index contributed by atoms with van der Waals surface area (Å²) in [6, 6.07) is 8.85. The van der Waals surface area contributed by atoms with E-state index in [1.807, 2.05) is 31.2 Å². The molecular weight excluding hydrogens is 244 g/mol. The molecule has 3 rings (SSSR count). The van der Waals surface area contributed by atoms with Crippen LogP contribution in [0.25, 0.3) is 16.8 Å². The average Bonchev–Trinajstić information content (AvgIpc) is 2.69. The van der Waals surface area contributed by atoms with Crippen molar-refractivity contribution in [1.29, 1.82) is 0 Å². The van der Waals surface area contributed by atoms with Crippen LogP contribution in [0.5, 0.6) is 0 Å². The van der Waals surface area contributed by atoms with Gasteiger partial charge in [0, 0.05) is 6.07 Å². The SMILES string of the molecule is Cc1ccc(-n2[nH]c3c(C)cc(=O)oc3c2=O)cc1. The standard InChI is InChI=1S/C14H12N2O3/c1-8-3-5-10(6-4-8)16-14(18)13-12(15-16)9(2)7-11(17)19-13/h3-7,15H,1-2H3. The van der Waals surface area contributed by atoms with Gasteiger partial charge in [-0.15, -0.1) is 0 Å². The smallest absolute Gasteiger partial charge is 0.336 e. The van der Waals surface area contributed by atoms with Gasteiger partial charge in [0.25, 0.3) is 0 Å². The minimum absolute atomic E-state index is 0.0607. The summed E-state index contributed by atoms with van der Waals surface area (Å²) in [7, 11) is 0. The second-order valence-corrected chi connectivity index (χ2v) is 4.54. The Kier molecular flexibility index (Phi) is 2.41. The Labute approximate surface area is 108 Å². The Morgan fingerprint density at radius 1 is 1.11 bits per heavy atom. The van der Waals surface area contributed by atoms with E-state index in [-0.39, 0.29) is 11.1 Å². The van der Waals surface area contributed by atoms with Crippen LogP contribution in [0.1, 0.15) is 11.1 Å². The Morgan fingerprint density at radius 3 is 2.47 bits per heavy atom. The van der Waals surface area contributed by atoms with E-state index in [0.717, 1.165) is 5.56 Å². The third-order valence-electron chi connectivity index (χ3n) is 3.07. The molecule has 5 heteroatoms. The fraction of sp³-hybridized carbons (Fsp3) is 0.143. The molecule has 0 bridgehead atoms. The van der Waals surface area contributed by atoms with Gasteiger partial charge in [-0.2, -0.15) is 0 Å². The normalized spacial score (nSPS) is 11.1. The molecule has 2 aromatic heterocycles. The van der Waals surface area contributed by atoms with Gasteiger partial charge >= 0.3 is 11.2 Å². The Morgan fingerprint density at radius 2 is 1.79 bits per heavy atom. The summed E-state index contributed by atoms with van der Waals surface area (Å²) in [5.74, 6) is 0. The zero-order valence-electron chi connectivity index (χ0n) is 10.6. The van der Waals surface area contributed by atoms with Gasteiger partial charge < -0.3 is 4.42 Å². The number of aryl methyl sites for hydroxylation is 2. The zero-order valence-corrected chi connectivity index (χ0v) is 10.6. The van der Waals surface area contributed by atoms with E-state index in [0.29, 0.717) is 16.8 Å². The molecule has 0 aliphatic heterocycles. The molecule has 0 radical (unpaired) electrons. The van der Waals surface area contributed by atoms with Crippen molar-refractivity contribution in [1.82, 2.24) is 9.78 Å². The highest BCUT2D eigenvalue weighted by Crippen LogP contribution is 2.13. The fourth-order valence-corrected chi connectivity index (χ4v) is 2.04. The first-order valence-electron chi connectivity index (χ1n) is 5.89. The summed E-state index contributed by atoms with van der Waals surface area (Å²) < 4.78 is 6.35. The highest BCUT2D eigenvalue weighted by Gasteiger charge is 2.13. The molecule has 0 unspecified atom stereocenters. The summed E-state index contributed by atoms with van der Waals surface area (Å²) in [6.07, 6.45) is 0. The van der Waals surface area contributed by atoms with Crippen LogP contribution in [0.15, 0.2) is 44.3 Å². The molecule has 2 heterocycles. The zero-order chi connectivity index (χ0) is 13.6. The topological polar surface area (TPSA) is 68.0 Å². The van der Waals surface area contributed by atoms with Gasteiger partial charge in [-0.05, 0) is 31.5 Å². The number of hydrogen-bond acceptors (Lipinski definition) is 3. The van der Waals surface area contributed by atoms with E-state index < -0.39 is 5.63 Å². The van der Waals surface area contributed by atoms with E-state index in [9.17, 15) is 9.59 Å². The van der Waals surface area contributed by atoms with Gasteiger partial charge in [-0.3, -0.25) is 9.89 Å². The summed E-state index contributed by atoms with van der Waals surface area (Å²) in [4.78, 5) is 23.5. The minimum Gasteiger partial charge on any atom is -0.415 e. The quantitative estimate of drug-likeness (QED) is 0.723. The van der Waals surface area contributed by atoms with Crippen molar-refractivity contribution in [3.63, 3.8) is 0 Å². The molecule has 0 aliphatic carbocycles. The molecule has 19 heavy (non-hydrogen) atoms. The first kappa shape index (κ1) is 11.5. The van der Waals surface area contributed by atoms with Gasteiger partial charge in [0.1, 0.15) is 5.52 Å². The van der Waals surface area contributed by atoms with Crippen LogP contribution in [0.3, 0.4) is 0 Å². The molecule has 0 saturated heterocycles. The molecule has 1 N–H and O–H groups in total. The van der Waals surface area contributed by atoms with E-state index in [2.05, 4.69) is 5.10 Å². The third kappa shape index (κ3) is 1.79. The second kappa shape index (κ2) is 3.98. The lowest BCUT2D eigenvalue weighted by Crippen LogP contribution is -2.14. The number of benzene rings is 1. The number of hydrogen-bond donors (Lipinski definition) is 1. The van der Waals surface area contributed by atoms with Crippen molar-refractivity contribution in [2.75, 3.05) is 0 Å². The lowest BCUT2D eigenvalue weighted by molar-refractivity contribution is 0.556. The minimum atomic E-state index is -0.517. The maximum atomic E-state index is 12.2. The average molecular weight is 256 g/mol. The number of nitrogens with one attached hydrogen (secondary N) is 1. The highest BCUT2D eigenvalue weighted by atomic mass is 16.4. The monoisotopic (exact) mass is 256 g/mol. The predicted molar refractivity (Wildman–Crippen MR) is 71.9 cm³/mol. The molecule has 0 aliphatic rings. The van der Waals surface area contributed by atoms with Crippen LogP contribution in [-0.4, -0.2) is 9.78 Å².